The highest BCUT2D eigenvalue weighted by molar-refractivity contribution is 5.78. The van der Waals surface area contributed by atoms with E-state index in [-0.39, 0.29) is 0 Å². The van der Waals surface area contributed by atoms with E-state index in [0.717, 1.165) is 12.0 Å². The van der Waals surface area contributed by atoms with Gasteiger partial charge in [-0.25, -0.2) is 4.68 Å². The quantitative estimate of drug-likeness (QED) is 0.845. The van der Waals surface area contributed by atoms with Gasteiger partial charge in [0, 0.05) is 11.4 Å². The van der Waals surface area contributed by atoms with E-state index < -0.39 is 0 Å². The number of para-hydroxylation sites is 1. The SMILES string of the molecule is c1ccc2c(c1)cnn2C1CCC2CCCCC2N1. The van der Waals surface area contributed by atoms with Gasteiger partial charge in [0.2, 0.25) is 0 Å². The van der Waals surface area contributed by atoms with Crippen molar-refractivity contribution < 1.29 is 0 Å². The summed E-state index contributed by atoms with van der Waals surface area (Å²) in [7, 11) is 0. The van der Waals surface area contributed by atoms with Crippen LogP contribution in [-0.2, 0) is 0 Å². The Hall–Kier alpha value is -1.35. The summed E-state index contributed by atoms with van der Waals surface area (Å²) in [5, 5.41) is 9.71. The van der Waals surface area contributed by atoms with Gasteiger partial charge in [0.15, 0.2) is 0 Å². The van der Waals surface area contributed by atoms with E-state index in [0.29, 0.717) is 6.17 Å². The number of nitrogens with zero attached hydrogens (tertiary/aromatic N) is 2. The maximum Gasteiger partial charge on any atom is 0.102 e. The molecule has 0 radical (unpaired) electrons. The summed E-state index contributed by atoms with van der Waals surface area (Å²) in [6.45, 7) is 0. The molecule has 1 saturated carbocycles. The van der Waals surface area contributed by atoms with Gasteiger partial charge in [0.25, 0.3) is 0 Å². The Balaban J connectivity index is 1.62. The Bertz CT molecular complexity index is 574. The molecule has 3 heteroatoms. The van der Waals surface area contributed by atoms with E-state index in [4.69, 9.17) is 0 Å². The Kier molecular flexibility index (Phi) is 2.80. The highest BCUT2D eigenvalue weighted by atomic mass is 15.4. The maximum atomic E-state index is 4.61. The molecule has 1 aromatic heterocycles. The summed E-state index contributed by atoms with van der Waals surface area (Å²) >= 11 is 0. The lowest BCUT2D eigenvalue weighted by atomic mass is 9.79. The average Bonchev–Trinajstić information content (AvgIpc) is 2.91. The van der Waals surface area contributed by atoms with Crippen molar-refractivity contribution in [2.45, 2.75) is 50.7 Å². The van der Waals surface area contributed by atoms with Gasteiger partial charge >= 0.3 is 0 Å². The Morgan fingerprint density at radius 2 is 1.95 bits per heavy atom. The van der Waals surface area contributed by atoms with Crippen LogP contribution in [0.1, 0.15) is 44.7 Å². The molecule has 19 heavy (non-hydrogen) atoms. The molecule has 100 valence electrons. The maximum absolute atomic E-state index is 4.61. The van der Waals surface area contributed by atoms with E-state index in [1.54, 1.807) is 0 Å². The van der Waals surface area contributed by atoms with Gasteiger partial charge in [-0.15, -0.1) is 0 Å². The molecule has 0 bridgehead atoms. The van der Waals surface area contributed by atoms with Crippen LogP contribution in [0.2, 0.25) is 0 Å². The Morgan fingerprint density at radius 3 is 2.95 bits per heavy atom. The highest BCUT2D eigenvalue weighted by Crippen LogP contribution is 2.35. The van der Waals surface area contributed by atoms with Crippen molar-refractivity contribution in [2.24, 2.45) is 5.92 Å². The number of aromatic nitrogens is 2. The fraction of sp³-hybridized carbons (Fsp3) is 0.562. The summed E-state index contributed by atoms with van der Waals surface area (Å²) in [6, 6.07) is 9.23. The minimum Gasteiger partial charge on any atom is -0.293 e. The third kappa shape index (κ3) is 1.96. The monoisotopic (exact) mass is 255 g/mol. The Morgan fingerprint density at radius 1 is 1.05 bits per heavy atom. The van der Waals surface area contributed by atoms with Crippen molar-refractivity contribution in [3.8, 4) is 0 Å². The first-order valence-electron chi connectivity index (χ1n) is 7.60. The summed E-state index contributed by atoms with van der Waals surface area (Å²) in [4.78, 5) is 0. The predicted molar refractivity (Wildman–Crippen MR) is 76.9 cm³/mol. The number of rotatable bonds is 1. The van der Waals surface area contributed by atoms with Gasteiger partial charge in [0.1, 0.15) is 6.17 Å². The van der Waals surface area contributed by atoms with Crippen LogP contribution in [0.5, 0.6) is 0 Å². The molecule has 1 aliphatic heterocycles. The van der Waals surface area contributed by atoms with Crippen LogP contribution in [0, 0.1) is 5.92 Å². The van der Waals surface area contributed by atoms with Crippen molar-refractivity contribution >= 4 is 10.9 Å². The molecule has 2 aromatic rings. The predicted octanol–water partition coefficient (Wildman–Crippen LogP) is 3.48. The lowest BCUT2D eigenvalue weighted by Crippen LogP contribution is -2.46. The van der Waals surface area contributed by atoms with Crippen LogP contribution >= 0.6 is 0 Å². The minimum absolute atomic E-state index is 0.388. The molecule has 4 rings (SSSR count). The smallest absolute Gasteiger partial charge is 0.102 e. The molecule has 0 spiro atoms. The zero-order chi connectivity index (χ0) is 12.7. The van der Waals surface area contributed by atoms with Gasteiger partial charge in [-0.3, -0.25) is 5.32 Å². The Labute approximate surface area is 114 Å². The highest BCUT2D eigenvalue weighted by Gasteiger charge is 2.32. The van der Waals surface area contributed by atoms with E-state index in [2.05, 4.69) is 39.4 Å². The summed E-state index contributed by atoms with van der Waals surface area (Å²) < 4.78 is 2.19. The number of nitrogens with one attached hydrogen (secondary N) is 1. The molecule has 1 aliphatic carbocycles. The van der Waals surface area contributed by atoms with E-state index in [9.17, 15) is 0 Å². The van der Waals surface area contributed by atoms with Crippen molar-refractivity contribution in [1.82, 2.24) is 15.1 Å². The topological polar surface area (TPSA) is 29.9 Å². The van der Waals surface area contributed by atoms with Crippen molar-refractivity contribution in [3.05, 3.63) is 30.5 Å². The number of hydrogen-bond acceptors (Lipinski definition) is 2. The number of fused-ring (bicyclic) bond motifs is 2. The molecule has 2 fully saturated rings. The van der Waals surface area contributed by atoms with Crippen LogP contribution in [0.4, 0.5) is 0 Å². The van der Waals surface area contributed by atoms with Crippen LogP contribution in [-0.4, -0.2) is 15.8 Å². The molecule has 2 aliphatic rings. The molecule has 1 N–H and O–H groups in total. The first kappa shape index (κ1) is 11.5. The second-order valence-corrected chi connectivity index (χ2v) is 6.06. The number of piperidine rings is 1. The molecule has 1 saturated heterocycles. The first-order chi connectivity index (χ1) is 9.42. The summed E-state index contributed by atoms with van der Waals surface area (Å²) in [5.41, 5.74) is 1.26. The summed E-state index contributed by atoms with van der Waals surface area (Å²) in [6.07, 6.45) is 10.5. The average molecular weight is 255 g/mol. The van der Waals surface area contributed by atoms with E-state index >= 15 is 0 Å². The van der Waals surface area contributed by atoms with E-state index in [1.807, 2.05) is 6.20 Å². The molecule has 3 nitrogen and oxygen atoms in total. The molecular weight excluding hydrogens is 234 g/mol. The third-order valence-electron chi connectivity index (χ3n) is 4.93. The fourth-order valence-corrected chi connectivity index (χ4v) is 3.91. The largest absolute Gasteiger partial charge is 0.293 e. The van der Waals surface area contributed by atoms with Gasteiger partial charge < -0.3 is 0 Å². The number of hydrogen-bond donors (Lipinski definition) is 1. The van der Waals surface area contributed by atoms with Crippen molar-refractivity contribution in [2.75, 3.05) is 0 Å². The van der Waals surface area contributed by atoms with Gasteiger partial charge in [0.05, 0.1) is 11.7 Å². The van der Waals surface area contributed by atoms with E-state index in [1.165, 1.54) is 49.4 Å². The lowest BCUT2D eigenvalue weighted by Gasteiger charge is -2.40. The minimum atomic E-state index is 0.388. The van der Waals surface area contributed by atoms with Crippen LogP contribution < -0.4 is 5.32 Å². The molecule has 2 heterocycles. The van der Waals surface area contributed by atoms with Crippen molar-refractivity contribution in [1.29, 1.82) is 0 Å². The van der Waals surface area contributed by atoms with Crippen molar-refractivity contribution in [3.63, 3.8) is 0 Å². The second kappa shape index (κ2) is 4.64. The molecule has 3 atom stereocenters. The molecule has 3 unspecified atom stereocenters. The standard InChI is InChI=1S/C16H21N3/c1-3-7-14-12(5-1)9-10-16(18-14)19-15-8-4-2-6-13(15)11-17-19/h2,4,6,8,11-12,14,16,18H,1,3,5,7,9-10H2. The third-order valence-corrected chi connectivity index (χ3v) is 4.93. The van der Waals surface area contributed by atoms with Crippen LogP contribution in [0.3, 0.4) is 0 Å². The molecule has 1 aromatic carbocycles. The molecular formula is C16H21N3. The first-order valence-corrected chi connectivity index (χ1v) is 7.60. The summed E-state index contributed by atoms with van der Waals surface area (Å²) in [5.74, 6) is 0.909. The van der Waals surface area contributed by atoms with Crippen LogP contribution in [0.15, 0.2) is 30.5 Å². The second-order valence-electron chi connectivity index (χ2n) is 6.06. The van der Waals surface area contributed by atoms with Gasteiger partial charge in [-0.2, -0.15) is 5.10 Å². The molecule has 0 amide bonds. The van der Waals surface area contributed by atoms with Gasteiger partial charge in [-0.05, 0) is 37.7 Å². The zero-order valence-corrected chi connectivity index (χ0v) is 11.3. The number of benzene rings is 1. The lowest BCUT2D eigenvalue weighted by molar-refractivity contribution is 0.142. The van der Waals surface area contributed by atoms with Crippen LogP contribution in [0.25, 0.3) is 10.9 Å². The van der Waals surface area contributed by atoms with Gasteiger partial charge in [-0.1, -0.05) is 31.0 Å². The normalized spacial score (nSPS) is 31.3. The fourth-order valence-electron chi connectivity index (χ4n) is 3.91. The zero-order valence-electron chi connectivity index (χ0n) is 11.3.